The summed E-state index contributed by atoms with van der Waals surface area (Å²) in [6.45, 7) is 1.89. The summed E-state index contributed by atoms with van der Waals surface area (Å²) in [4.78, 5) is 11.5. The minimum atomic E-state index is 0.659. The van der Waals surface area contributed by atoms with Crippen molar-refractivity contribution in [2.45, 2.75) is 13.1 Å². The van der Waals surface area contributed by atoms with E-state index in [4.69, 9.17) is 0 Å². The van der Waals surface area contributed by atoms with Crippen molar-refractivity contribution in [3.63, 3.8) is 0 Å². The number of anilines is 2. The largest absolute Gasteiger partial charge is 0.324 e. The molecule has 1 aliphatic heterocycles. The second kappa shape index (κ2) is 4.29. The lowest BCUT2D eigenvalue weighted by Gasteiger charge is -2.04. The highest BCUT2D eigenvalue weighted by molar-refractivity contribution is 7.18. The lowest BCUT2D eigenvalue weighted by Crippen LogP contribution is -2.01. The molecular formula is C14H12N4S. The molecule has 0 saturated carbocycles. The van der Waals surface area contributed by atoms with Crippen molar-refractivity contribution in [1.29, 1.82) is 0 Å². The van der Waals surface area contributed by atoms with Gasteiger partial charge in [-0.05, 0) is 17.7 Å². The summed E-state index contributed by atoms with van der Waals surface area (Å²) in [6, 6.07) is 9.99. The van der Waals surface area contributed by atoms with Crippen LogP contribution in [0.5, 0.6) is 0 Å². The Morgan fingerprint density at radius 2 is 2.05 bits per heavy atom. The Labute approximate surface area is 114 Å². The summed E-state index contributed by atoms with van der Waals surface area (Å²) < 4.78 is 0. The van der Waals surface area contributed by atoms with Gasteiger partial charge in [0.1, 0.15) is 4.83 Å². The molecule has 4 nitrogen and oxygen atoms in total. The van der Waals surface area contributed by atoms with Crippen LogP contribution in [0.4, 0.5) is 11.6 Å². The molecule has 0 spiro atoms. The number of fused-ring (bicyclic) bond motifs is 3. The van der Waals surface area contributed by atoms with Crippen LogP contribution in [0.15, 0.2) is 36.5 Å². The molecule has 0 fully saturated rings. The van der Waals surface area contributed by atoms with E-state index in [0.717, 1.165) is 23.6 Å². The third-order valence-corrected chi connectivity index (χ3v) is 4.39. The molecular weight excluding hydrogens is 256 g/mol. The zero-order valence-electron chi connectivity index (χ0n) is 10.2. The fourth-order valence-corrected chi connectivity index (χ4v) is 3.46. The van der Waals surface area contributed by atoms with E-state index in [0.29, 0.717) is 5.95 Å². The third-order valence-electron chi connectivity index (χ3n) is 3.25. The Balaban J connectivity index is 1.73. The van der Waals surface area contributed by atoms with E-state index in [1.807, 2.05) is 36.5 Å². The zero-order valence-corrected chi connectivity index (χ0v) is 11.0. The Morgan fingerprint density at radius 3 is 2.95 bits per heavy atom. The van der Waals surface area contributed by atoms with Crippen molar-refractivity contribution in [2.24, 2.45) is 0 Å². The first-order valence-electron chi connectivity index (χ1n) is 6.20. The third kappa shape index (κ3) is 1.87. The molecule has 3 heterocycles. The fraction of sp³-hybridized carbons (Fsp3) is 0.143. The van der Waals surface area contributed by atoms with Crippen LogP contribution >= 0.6 is 11.3 Å². The van der Waals surface area contributed by atoms with E-state index in [9.17, 15) is 0 Å². The highest BCUT2D eigenvalue weighted by atomic mass is 32.1. The summed E-state index contributed by atoms with van der Waals surface area (Å²) in [5.74, 6) is 0.659. The van der Waals surface area contributed by atoms with E-state index in [1.54, 1.807) is 11.3 Å². The molecule has 0 amide bonds. The minimum Gasteiger partial charge on any atom is -0.324 e. The Hall–Kier alpha value is -1.98. The highest BCUT2D eigenvalue weighted by Gasteiger charge is 2.18. The normalized spacial score (nSPS) is 13.7. The van der Waals surface area contributed by atoms with E-state index in [2.05, 4.69) is 20.6 Å². The SMILES string of the molecule is c1ccc(Nc2ncc3c4c(sc3n2)CNC4)cc1. The molecule has 94 valence electrons. The smallest absolute Gasteiger partial charge is 0.228 e. The second-order valence-corrected chi connectivity index (χ2v) is 5.59. The van der Waals surface area contributed by atoms with Gasteiger partial charge in [0.05, 0.1) is 0 Å². The summed E-state index contributed by atoms with van der Waals surface area (Å²) in [5, 5.41) is 7.77. The van der Waals surface area contributed by atoms with Gasteiger partial charge < -0.3 is 10.6 Å². The molecule has 5 heteroatoms. The molecule has 0 unspecified atom stereocenters. The molecule has 2 N–H and O–H groups in total. The molecule has 0 radical (unpaired) electrons. The molecule has 0 bridgehead atoms. The average molecular weight is 268 g/mol. The van der Waals surface area contributed by atoms with Gasteiger partial charge in [0.15, 0.2) is 0 Å². The van der Waals surface area contributed by atoms with E-state index in [-0.39, 0.29) is 0 Å². The highest BCUT2D eigenvalue weighted by Crippen LogP contribution is 2.33. The minimum absolute atomic E-state index is 0.659. The average Bonchev–Trinajstić information content (AvgIpc) is 3.00. The molecule has 3 aromatic rings. The monoisotopic (exact) mass is 268 g/mol. The van der Waals surface area contributed by atoms with Gasteiger partial charge in [0, 0.05) is 35.2 Å². The van der Waals surface area contributed by atoms with E-state index in [1.165, 1.54) is 15.8 Å². The molecule has 1 aromatic carbocycles. The summed E-state index contributed by atoms with van der Waals surface area (Å²) in [6.07, 6.45) is 1.93. The van der Waals surface area contributed by atoms with Crippen LogP contribution in [0.2, 0.25) is 0 Å². The lowest BCUT2D eigenvalue weighted by molar-refractivity contribution is 0.769. The first-order valence-corrected chi connectivity index (χ1v) is 7.02. The molecule has 1 aliphatic rings. The van der Waals surface area contributed by atoms with Crippen LogP contribution in [0.25, 0.3) is 10.2 Å². The van der Waals surface area contributed by atoms with Crippen LogP contribution in [-0.2, 0) is 13.1 Å². The van der Waals surface area contributed by atoms with Gasteiger partial charge in [0.2, 0.25) is 5.95 Å². The van der Waals surface area contributed by atoms with Crippen molar-refractivity contribution in [3.8, 4) is 0 Å². The van der Waals surface area contributed by atoms with Crippen LogP contribution in [-0.4, -0.2) is 9.97 Å². The van der Waals surface area contributed by atoms with Gasteiger partial charge in [-0.3, -0.25) is 0 Å². The van der Waals surface area contributed by atoms with Gasteiger partial charge in [-0.1, -0.05) is 18.2 Å². The Morgan fingerprint density at radius 1 is 1.16 bits per heavy atom. The van der Waals surface area contributed by atoms with Crippen LogP contribution in [0, 0.1) is 0 Å². The van der Waals surface area contributed by atoms with Crippen molar-refractivity contribution in [1.82, 2.24) is 15.3 Å². The number of thiophene rings is 1. The fourth-order valence-electron chi connectivity index (χ4n) is 2.33. The maximum absolute atomic E-state index is 4.60. The Bertz CT molecular complexity index is 736. The summed E-state index contributed by atoms with van der Waals surface area (Å²) in [7, 11) is 0. The van der Waals surface area contributed by atoms with E-state index < -0.39 is 0 Å². The van der Waals surface area contributed by atoms with Crippen LogP contribution in [0.3, 0.4) is 0 Å². The number of aromatic nitrogens is 2. The van der Waals surface area contributed by atoms with Crippen molar-refractivity contribution >= 4 is 33.2 Å². The van der Waals surface area contributed by atoms with Crippen molar-refractivity contribution < 1.29 is 0 Å². The number of rotatable bonds is 2. The van der Waals surface area contributed by atoms with Crippen LogP contribution in [0.1, 0.15) is 10.4 Å². The number of nitrogens with one attached hydrogen (secondary N) is 2. The summed E-state index contributed by atoms with van der Waals surface area (Å²) >= 11 is 1.76. The maximum atomic E-state index is 4.60. The lowest BCUT2D eigenvalue weighted by atomic mass is 10.2. The molecule has 4 rings (SSSR count). The topological polar surface area (TPSA) is 49.8 Å². The van der Waals surface area contributed by atoms with Crippen LogP contribution < -0.4 is 10.6 Å². The number of benzene rings is 1. The van der Waals surface area contributed by atoms with Gasteiger partial charge in [-0.2, -0.15) is 0 Å². The van der Waals surface area contributed by atoms with Crippen molar-refractivity contribution in [2.75, 3.05) is 5.32 Å². The molecule has 0 atom stereocenters. The first kappa shape index (κ1) is 10.9. The molecule has 2 aromatic heterocycles. The Kier molecular flexibility index (Phi) is 2.46. The van der Waals surface area contributed by atoms with E-state index >= 15 is 0 Å². The van der Waals surface area contributed by atoms with Gasteiger partial charge >= 0.3 is 0 Å². The quantitative estimate of drug-likeness (QED) is 0.750. The number of hydrogen-bond donors (Lipinski definition) is 2. The van der Waals surface area contributed by atoms with Crippen molar-refractivity contribution in [3.05, 3.63) is 47.0 Å². The number of hydrogen-bond acceptors (Lipinski definition) is 5. The number of nitrogens with zero attached hydrogens (tertiary/aromatic N) is 2. The first-order chi connectivity index (χ1) is 9.40. The molecule has 0 aliphatic carbocycles. The van der Waals surface area contributed by atoms with Gasteiger partial charge in [0.25, 0.3) is 0 Å². The standard InChI is InChI=1S/C14H12N4S/c1-2-4-9(5-3-1)17-14-16-7-11-10-6-15-8-12(10)19-13(11)18-14/h1-5,7,15H,6,8H2,(H,16,17,18). The predicted octanol–water partition coefficient (Wildman–Crippen LogP) is 3.04. The molecule has 0 saturated heterocycles. The van der Waals surface area contributed by atoms with Gasteiger partial charge in [-0.25, -0.2) is 9.97 Å². The second-order valence-electron chi connectivity index (χ2n) is 4.51. The molecule has 19 heavy (non-hydrogen) atoms. The zero-order chi connectivity index (χ0) is 12.7. The predicted molar refractivity (Wildman–Crippen MR) is 77.7 cm³/mol. The van der Waals surface area contributed by atoms with Gasteiger partial charge in [-0.15, -0.1) is 11.3 Å². The maximum Gasteiger partial charge on any atom is 0.228 e. The number of para-hydroxylation sites is 1. The summed E-state index contributed by atoms with van der Waals surface area (Å²) in [5.41, 5.74) is 2.37.